The van der Waals surface area contributed by atoms with Gasteiger partial charge < -0.3 is 9.80 Å². The number of thiophene rings is 1. The van der Waals surface area contributed by atoms with Crippen molar-refractivity contribution in [3.8, 4) is 33.4 Å². The first-order chi connectivity index (χ1) is 35.0. The second kappa shape index (κ2) is 16.6. The lowest BCUT2D eigenvalue weighted by Gasteiger charge is -2.33. The van der Waals surface area contributed by atoms with E-state index in [0.717, 1.165) is 28.4 Å². The lowest BCUT2D eigenvalue weighted by atomic mass is 9.70. The van der Waals surface area contributed by atoms with Crippen LogP contribution in [0.3, 0.4) is 0 Å². The van der Waals surface area contributed by atoms with Crippen LogP contribution in [0.5, 0.6) is 0 Å². The molecule has 0 aliphatic heterocycles. The molecule has 0 saturated heterocycles. The Balaban J connectivity index is 1.16. The summed E-state index contributed by atoms with van der Waals surface area (Å²) < 4.78 is 2.55. The topological polar surface area (TPSA) is 6.48 Å². The van der Waals surface area contributed by atoms with E-state index in [1.807, 2.05) is 11.3 Å². The molecule has 13 rings (SSSR count). The lowest BCUT2D eigenvalue weighted by Crippen LogP contribution is -2.26. The third kappa shape index (κ3) is 6.82. The molecule has 0 unspecified atom stereocenters. The average molecular weight is 945 g/mol. The van der Waals surface area contributed by atoms with Crippen molar-refractivity contribution in [3.63, 3.8) is 0 Å². The van der Waals surface area contributed by atoms with E-state index in [4.69, 9.17) is 0 Å². The van der Waals surface area contributed by atoms with Gasteiger partial charge in [-0.1, -0.05) is 199 Å². The summed E-state index contributed by atoms with van der Waals surface area (Å²) in [6.45, 7) is 13.7. The predicted molar refractivity (Wildman–Crippen MR) is 308 cm³/mol. The number of hydrogen-bond acceptors (Lipinski definition) is 3. The van der Waals surface area contributed by atoms with Gasteiger partial charge in [0.2, 0.25) is 0 Å². The molecule has 11 aromatic rings. The number of anilines is 6. The normalized spacial score (nSPS) is 13.2. The first kappa shape index (κ1) is 44.0. The van der Waals surface area contributed by atoms with Gasteiger partial charge >= 0.3 is 0 Å². The maximum Gasteiger partial charge on any atom is 0.0727 e. The van der Waals surface area contributed by atoms with Crippen LogP contribution < -0.4 is 9.80 Å². The van der Waals surface area contributed by atoms with Gasteiger partial charge in [-0.2, -0.15) is 0 Å². The number of fused-ring (bicyclic) bond motifs is 14. The summed E-state index contributed by atoms with van der Waals surface area (Å²) in [6.07, 6.45) is 0. The SMILES string of the molecule is CC(C)(C)c1ccc(N(c2ccccc2)c2ccc3c(c2)C2(c4ccccc4-c4ccccc42)c2cc(N(c4ccccc4)c4ccc(C(C)(C)C)cc4)c4sc5cc(-c6ccccc6)ccc5c4c2-3)cc1. The molecule has 0 N–H and O–H groups in total. The predicted octanol–water partition coefficient (Wildman–Crippen LogP) is 19.6. The molecule has 0 amide bonds. The van der Waals surface area contributed by atoms with Crippen LogP contribution in [0.2, 0.25) is 0 Å². The van der Waals surface area contributed by atoms with E-state index in [2.05, 4.69) is 282 Å². The van der Waals surface area contributed by atoms with Crippen LogP contribution >= 0.6 is 11.3 Å². The molecule has 1 spiro atoms. The van der Waals surface area contributed by atoms with Gasteiger partial charge in [-0.05, 0) is 150 Å². The van der Waals surface area contributed by atoms with Crippen molar-refractivity contribution in [2.24, 2.45) is 0 Å². The fourth-order valence-corrected chi connectivity index (χ4v) is 13.2. The van der Waals surface area contributed by atoms with Crippen LogP contribution in [0.1, 0.15) is 74.9 Å². The Bertz CT molecular complexity index is 3810. The molecule has 1 aromatic heterocycles. The summed E-state index contributed by atoms with van der Waals surface area (Å²) >= 11 is 1.92. The zero-order valence-electron chi connectivity index (χ0n) is 41.7. The highest BCUT2D eigenvalue weighted by Crippen LogP contribution is 2.66. The van der Waals surface area contributed by atoms with Gasteiger partial charge in [0.05, 0.1) is 15.8 Å². The molecular formula is C69H56N2S. The molecule has 2 aliphatic carbocycles. The highest BCUT2D eigenvalue weighted by molar-refractivity contribution is 7.26. The Hall–Kier alpha value is -7.98. The second-order valence-corrected chi connectivity index (χ2v) is 22.8. The number of hydrogen-bond donors (Lipinski definition) is 0. The second-order valence-electron chi connectivity index (χ2n) is 21.7. The van der Waals surface area contributed by atoms with Crippen molar-refractivity contribution in [2.45, 2.75) is 57.8 Å². The Morgan fingerprint density at radius 1 is 0.361 bits per heavy atom. The van der Waals surface area contributed by atoms with Crippen molar-refractivity contribution < 1.29 is 0 Å². The smallest absolute Gasteiger partial charge is 0.0727 e. The third-order valence-corrected chi connectivity index (χ3v) is 16.5. The van der Waals surface area contributed by atoms with Gasteiger partial charge in [-0.15, -0.1) is 11.3 Å². The molecule has 1 heterocycles. The molecule has 2 aliphatic rings. The molecule has 0 saturated carbocycles. The molecule has 3 heteroatoms. The first-order valence-electron chi connectivity index (χ1n) is 25.3. The maximum absolute atomic E-state index is 2.59. The monoisotopic (exact) mass is 944 g/mol. The largest absolute Gasteiger partial charge is 0.310 e. The molecular weight excluding hydrogens is 889 g/mol. The number of benzene rings is 10. The van der Waals surface area contributed by atoms with Gasteiger partial charge in [-0.3, -0.25) is 0 Å². The Morgan fingerprint density at radius 3 is 1.42 bits per heavy atom. The van der Waals surface area contributed by atoms with E-state index >= 15 is 0 Å². The number of rotatable bonds is 7. The van der Waals surface area contributed by atoms with E-state index in [1.54, 1.807) is 0 Å². The fraction of sp³-hybridized carbons (Fsp3) is 0.130. The Morgan fingerprint density at radius 2 is 0.847 bits per heavy atom. The van der Waals surface area contributed by atoms with Gasteiger partial charge in [0.1, 0.15) is 0 Å². The van der Waals surface area contributed by atoms with E-state index in [9.17, 15) is 0 Å². The summed E-state index contributed by atoms with van der Waals surface area (Å²) in [4.78, 5) is 4.97. The van der Waals surface area contributed by atoms with Crippen LogP contribution in [0.15, 0.2) is 231 Å². The van der Waals surface area contributed by atoms with Gasteiger partial charge in [0, 0.05) is 43.9 Å². The van der Waals surface area contributed by atoms with Crippen molar-refractivity contribution in [2.75, 3.05) is 9.80 Å². The van der Waals surface area contributed by atoms with Crippen LogP contribution in [0.4, 0.5) is 34.1 Å². The molecule has 2 nitrogen and oxygen atoms in total. The minimum absolute atomic E-state index is 0.0190. The van der Waals surface area contributed by atoms with E-state index < -0.39 is 5.41 Å². The average Bonchev–Trinajstić information content (AvgIpc) is 4.03. The van der Waals surface area contributed by atoms with E-state index in [0.29, 0.717) is 0 Å². The molecule has 0 atom stereocenters. The minimum atomic E-state index is -0.633. The molecule has 0 fully saturated rings. The zero-order valence-corrected chi connectivity index (χ0v) is 42.6. The van der Waals surface area contributed by atoms with Crippen LogP contribution in [-0.2, 0) is 16.2 Å². The molecule has 10 aromatic carbocycles. The van der Waals surface area contributed by atoms with Crippen LogP contribution in [0, 0.1) is 0 Å². The summed E-state index contributed by atoms with van der Waals surface area (Å²) in [7, 11) is 0. The van der Waals surface area contributed by atoms with Gasteiger partial charge in [-0.25, -0.2) is 0 Å². The Labute approximate surface area is 428 Å². The zero-order chi connectivity index (χ0) is 48.9. The molecule has 348 valence electrons. The lowest BCUT2D eigenvalue weighted by molar-refractivity contribution is 0.590. The number of nitrogens with zero attached hydrogens (tertiary/aromatic N) is 2. The fourth-order valence-electron chi connectivity index (χ4n) is 11.9. The molecule has 0 radical (unpaired) electrons. The number of para-hydroxylation sites is 2. The summed E-state index contributed by atoms with van der Waals surface area (Å²) in [5.74, 6) is 0. The van der Waals surface area contributed by atoms with Crippen molar-refractivity contribution in [1.82, 2.24) is 0 Å². The van der Waals surface area contributed by atoms with Crippen molar-refractivity contribution in [1.29, 1.82) is 0 Å². The minimum Gasteiger partial charge on any atom is -0.310 e. The van der Waals surface area contributed by atoms with Crippen LogP contribution in [-0.4, -0.2) is 0 Å². The quantitative estimate of drug-likeness (QED) is 0.157. The highest BCUT2D eigenvalue weighted by Gasteiger charge is 2.53. The first-order valence-corrected chi connectivity index (χ1v) is 26.1. The van der Waals surface area contributed by atoms with Gasteiger partial charge in [0.25, 0.3) is 0 Å². The Kier molecular flexibility index (Phi) is 10.1. The van der Waals surface area contributed by atoms with Crippen molar-refractivity contribution >= 4 is 65.6 Å². The maximum atomic E-state index is 2.59. The molecule has 0 bridgehead atoms. The molecule has 72 heavy (non-hydrogen) atoms. The summed E-state index contributed by atoms with van der Waals surface area (Å²) in [5, 5.41) is 2.58. The van der Waals surface area contributed by atoms with E-state index in [1.165, 1.54) is 92.6 Å². The van der Waals surface area contributed by atoms with Crippen LogP contribution in [0.25, 0.3) is 53.6 Å². The summed E-state index contributed by atoms with van der Waals surface area (Å²) in [6, 6.07) is 86.7. The van der Waals surface area contributed by atoms with Gasteiger partial charge in [0.15, 0.2) is 0 Å². The summed E-state index contributed by atoms with van der Waals surface area (Å²) in [5.41, 5.74) is 21.7. The standard InChI is InChI=1S/C69H56N2S/c1-67(2,3)47-31-35-51(36-32-47)70(49-22-12-8-13-23-49)53-39-41-56-60(43-53)69(58-28-18-16-26-54(58)55-27-17-19-29-59(55)69)61-44-62(71(50-24-14-9-15-25-50)52-37-33-48(34-38-52)68(4,5)6)66-65(64(56)61)57-40-30-46(42-63(57)72-66)45-20-10-7-11-21-45/h7-44H,1-6H3. The highest BCUT2D eigenvalue weighted by atomic mass is 32.1. The third-order valence-electron chi connectivity index (χ3n) is 15.4. The van der Waals surface area contributed by atoms with E-state index in [-0.39, 0.29) is 10.8 Å². The van der Waals surface area contributed by atoms with Crippen molar-refractivity contribution in [3.05, 3.63) is 264 Å².